The number of nitrogens with one attached hydrogen (secondary N) is 2. The number of amides is 1. The lowest BCUT2D eigenvalue weighted by Crippen LogP contribution is -2.25. The molecule has 1 aromatic heterocycles. The fraction of sp³-hybridized carbons (Fsp3) is 0.217. The second-order valence-electron chi connectivity index (χ2n) is 6.74. The minimum atomic E-state index is -0.322. The molecule has 0 aliphatic carbocycles. The maximum absolute atomic E-state index is 12.9. The Morgan fingerprint density at radius 1 is 1.13 bits per heavy atom. The molecule has 6 nitrogen and oxygen atoms in total. The van der Waals surface area contributed by atoms with E-state index in [0.717, 1.165) is 28.4 Å². The van der Waals surface area contributed by atoms with E-state index in [4.69, 9.17) is 4.74 Å². The Kier molecular flexibility index (Phi) is 6.85. The van der Waals surface area contributed by atoms with Gasteiger partial charge in [-0.25, -0.2) is 9.82 Å². The largest absolute Gasteiger partial charge is 0.494 e. The molecule has 0 spiro atoms. The van der Waals surface area contributed by atoms with Gasteiger partial charge >= 0.3 is 0 Å². The molecule has 0 saturated carbocycles. The van der Waals surface area contributed by atoms with Crippen molar-refractivity contribution < 1.29 is 13.9 Å². The molecular formula is C23H25FN4O2. The quantitative estimate of drug-likeness (QED) is 0.434. The van der Waals surface area contributed by atoms with Gasteiger partial charge in [0.1, 0.15) is 11.6 Å². The second-order valence-corrected chi connectivity index (χ2v) is 6.74. The van der Waals surface area contributed by atoms with Gasteiger partial charge in [0, 0.05) is 28.3 Å². The molecule has 3 rings (SSSR count). The third kappa shape index (κ3) is 5.26. The molecule has 1 heterocycles. The first-order chi connectivity index (χ1) is 14.5. The number of hydrogen-bond donors (Lipinski definition) is 2. The third-order valence-corrected chi connectivity index (χ3v) is 4.57. The van der Waals surface area contributed by atoms with E-state index >= 15 is 0 Å². The molecule has 0 saturated heterocycles. The Morgan fingerprint density at radius 2 is 1.83 bits per heavy atom. The highest BCUT2D eigenvalue weighted by Crippen LogP contribution is 2.22. The molecular weight excluding hydrogens is 383 g/mol. The topological polar surface area (TPSA) is 67.6 Å². The van der Waals surface area contributed by atoms with Gasteiger partial charge in [-0.3, -0.25) is 4.79 Å². The molecule has 0 radical (unpaired) electrons. The molecule has 0 unspecified atom stereocenters. The molecule has 0 bridgehead atoms. The molecule has 3 aromatic rings. The van der Waals surface area contributed by atoms with Crippen LogP contribution in [0.5, 0.6) is 5.75 Å². The van der Waals surface area contributed by atoms with Crippen LogP contribution in [0.1, 0.15) is 23.9 Å². The van der Waals surface area contributed by atoms with Crippen molar-refractivity contribution >= 4 is 17.8 Å². The van der Waals surface area contributed by atoms with Crippen molar-refractivity contribution in [2.24, 2.45) is 5.10 Å². The summed E-state index contributed by atoms with van der Waals surface area (Å²) in [5.74, 6) is 0.218. The SMILES string of the molecule is CCOc1ccc(-n2c(C)cc(/C=N\NC(=O)CNc3ccc(F)cc3)c2C)cc1. The number of carbonyl (C=O) groups excluding carboxylic acids is 1. The van der Waals surface area contributed by atoms with Crippen LogP contribution >= 0.6 is 0 Å². The van der Waals surface area contributed by atoms with Gasteiger partial charge in [0.05, 0.1) is 19.4 Å². The summed E-state index contributed by atoms with van der Waals surface area (Å²) in [4.78, 5) is 12.0. The number of ether oxygens (including phenoxy) is 1. The molecule has 30 heavy (non-hydrogen) atoms. The van der Waals surface area contributed by atoms with Crippen LogP contribution in [-0.4, -0.2) is 29.8 Å². The molecule has 2 aromatic carbocycles. The molecule has 0 fully saturated rings. The summed E-state index contributed by atoms with van der Waals surface area (Å²) in [5, 5.41) is 6.97. The van der Waals surface area contributed by atoms with E-state index < -0.39 is 0 Å². The summed E-state index contributed by atoms with van der Waals surface area (Å²) in [5.41, 5.74) is 7.17. The van der Waals surface area contributed by atoms with E-state index in [-0.39, 0.29) is 18.3 Å². The van der Waals surface area contributed by atoms with Crippen molar-refractivity contribution in [1.29, 1.82) is 0 Å². The van der Waals surface area contributed by atoms with Gasteiger partial charge in [-0.15, -0.1) is 0 Å². The van der Waals surface area contributed by atoms with Crippen LogP contribution in [-0.2, 0) is 4.79 Å². The summed E-state index contributed by atoms with van der Waals surface area (Å²) in [6.45, 7) is 6.65. The molecule has 0 aliphatic heterocycles. The van der Waals surface area contributed by atoms with Crippen LogP contribution in [0.15, 0.2) is 59.7 Å². The van der Waals surface area contributed by atoms with Crippen LogP contribution in [0.2, 0.25) is 0 Å². The number of aromatic nitrogens is 1. The van der Waals surface area contributed by atoms with E-state index in [2.05, 4.69) is 20.4 Å². The van der Waals surface area contributed by atoms with Crippen molar-refractivity contribution in [3.8, 4) is 11.4 Å². The van der Waals surface area contributed by atoms with Gasteiger partial charge in [-0.1, -0.05) is 0 Å². The predicted molar refractivity (Wildman–Crippen MR) is 117 cm³/mol. The minimum Gasteiger partial charge on any atom is -0.494 e. The Hall–Kier alpha value is -3.61. The van der Waals surface area contributed by atoms with E-state index in [1.54, 1.807) is 18.3 Å². The monoisotopic (exact) mass is 408 g/mol. The first-order valence-corrected chi connectivity index (χ1v) is 9.71. The maximum atomic E-state index is 12.9. The number of carbonyl (C=O) groups is 1. The van der Waals surface area contributed by atoms with Gasteiger partial charge in [0.25, 0.3) is 5.91 Å². The zero-order chi connectivity index (χ0) is 21.5. The third-order valence-electron chi connectivity index (χ3n) is 4.57. The van der Waals surface area contributed by atoms with E-state index in [1.165, 1.54) is 12.1 Å². The lowest BCUT2D eigenvalue weighted by atomic mass is 10.2. The average Bonchev–Trinajstić information content (AvgIpc) is 3.02. The summed E-state index contributed by atoms with van der Waals surface area (Å²) in [7, 11) is 0. The van der Waals surface area contributed by atoms with Gasteiger partial charge < -0.3 is 14.6 Å². The van der Waals surface area contributed by atoms with Crippen LogP contribution in [0.4, 0.5) is 10.1 Å². The summed E-state index contributed by atoms with van der Waals surface area (Å²) in [6, 6.07) is 15.7. The van der Waals surface area contributed by atoms with Crippen LogP contribution in [0, 0.1) is 19.7 Å². The lowest BCUT2D eigenvalue weighted by Gasteiger charge is -2.11. The van der Waals surface area contributed by atoms with Crippen LogP contribution in [0.25, 0.3) is 5.69 Å². The molecule has 0 atom stereocenters. The minimum absolute atomic E-state index is 0.0359. The Labute approximate surface area is 175 Å². The number of rotatable bonds is 8. The maximum Gasteiger partial charge on any atom is 0.259 e. The van der Waals surface area contributed by atoms with Crippen molar-refractivity contribution in [3.63, 3.8) is 0 Å². The van der Waals surface area contributed by atoms with E-state index in [9.17, 15) is 9.18 Å². The predicted octanol–water partition coefficient (Wildman–Crippen LogP) is 4.19. The van der Waals surface area contributed by atoms with Crippen molar-refractivity contribution in [2.75, 3.05) is 18.5 Å². The number of aryl methyl sites for hydroxylation is 1. The molecule has 2 N–H and O–H groups in total. The number of anilines is 1. The Morgan fingerprint density at radius 3 is 2.50 bits per heavy atom. The van der Waals surface area contributed by atoms with Crippen molar-refractivity contribution in [2.45, 2.75) is 20.8 Å². The molecule has 156 valence electrons. The van der Waals surface area contributed by atoms with Gasteiger partial charge in [0.15, 0.2) is 0 Å². The number of halogens is 1. The Balaban J connectivity index is 1.61. The first kappa shape index (κ1) is 21.1. The highest BCUT2D eigenvalue weighted by molar-refractivity contribution is 5.85. The van der Waals surface area contributed by atoms with Crippen molar-refractivity contribution in [1.82, 2.24) is 9.99 Å². The lowest BCUT2D eigenvalue weighted by molar-refractivity contribution is -0.119. The van der Waals surface area contributed by atoms with Crippen LogP contribution in [0.3, 0.4) is 0 Å². The van der Waals surface area contributed by atoms with Gasteiger partial charge in [-0.05, 0) is 75.4 Å². The number of hydrogen-bond acceptors (Lipinski definition) is 4. The average molecular weight is 408 g/mol. The summed E-state index contributed by atoms with van der Waals surface area (Å²) < 4.78 is 20.5. The highest BCUT2D eigenvalue weighted by Gasteiger charge is 2.10. The number of nitrogens with zero attached hydrogens (tertiary/aromatic N) is 2. The standard InChI is InChI=1S/C23H25FN4O2/c1-4-30-22-11-9-21(10-12-22)28-16(2)13-18(17(28)3)14-26-27-23(29)15-25-20-7-5-19(24)6-8-20/h5-14,25H,4,15H2,1-3H3,(H,27,29)/b26-14-. The fourth-order valence-corrected chi connectivity index (χ4v) is 3.14. The van der Waals surface area contributed by atoms with E-state index in [0.29, 0.717) is 12.3 Å². The molecule has 0 aliphatic rings. The first-order valence-electron chi connectivity index (χ1n) is 9.71. The summed E-state index contributed by atoms with van der Waals surface area (Å²) >= 11 is 0. The van der Waals surface area contributed by atoms with E-state index in [1.807, 2.05) is 51.1 Å². The van der Waals surface area contributed by atoms with Crippen LogP contribution < -0.4 is 15.5 Å². The zero-order valence-electron chi connectivity index (χ0n) is 17.3. The normalized spacial score (nSPS) is 10.9. The number of benzene rings is 2. The zero-order valence-corrected chi connectivity index (χ0v) is 17.3. The van der Waals surface area contributed by atoms with Gasteiger partial charge in [-0.2, -0.15) is 5.10 Å². The second kappa shape index (κ2) is 9.73. The number of hydrazone groups is 1. The van der Waals surface area contributed by atoms with Crippen molar-refractivity contribution in [3.05, 3.63) is 77.4 Å². The Bertz CT molecular complexity index is 1020. The smallest absolute Gasteiger partial charge is 0.259 e. The highest BCUT2D eigenvalue weighted by atomic mass is 19.1. The summed E-state index contributed by atoms with van der Waals surface area (Å²) in [6.07, 6.45) is 1.63. The molecule has 7 heteroatoms. The fourth-order valence-electron chi connectivity index (χ4n) is 3.14. The molecule has 1 amide bonds. The van der Waals surface area contributed by atoms with Gasteiger partial charge in [0.2, 0.25) is 0 Å².